The van der Waals surface area contributed by atoms with Gasteiger partial charge in [-0.1, -0.05) is 41.9 Å². The second kappa shape index (κ2) is 8.68. The molecule has 5 nitrogen and oxygen atoms in total. The predicted octanol–water partition coefficient (Wildman–Crippen LogP) is 4.40. The number of carbonyl (C=O) groups excluding carboxylic acids is 1. The van der Waals surface area contributed by atoms with Crippen LogP contribution in [0.3, 0.4) is 0 Å². The van der Waals surface area contributed by atoms with Crippen molar-refractivity contribution in [3.05, 3.63) is 94.5 Å². The molecule has 0 bridgehead atoms. The summed E-state index contributed by atoms with van der Waals surface area (Å²) in [7, 11) is -2.25. The summed E-state index contributed by atoms with van der Waals surface area (Å²) >= 11 is 5.85. The van der Waals surface area contributed by atoms with Crippen molar-refractivity contribution in [2.24, 2.45) is 0 Å². The average Bonchev–Trinajstić information content (AvgIpc) is 2.72. The Bertz CT molecular complexity index is 1110. The maximum atomic E-state index is 12.9. The second-order valence-corrected chi connectivity index (χ2v) is 9.00. The van der Waals surface area contributed by atoms with E-state index in [4.69, 9.17) is 11.6 Å². The van der Waals surface area contributed by atoms with Crippen molar-refractivity contribution >= 4 is 33.2 Å². The van der Waals surface area contributed by atoms with Crippen LogP contribution in [0.25, 0.3) is 0 Å². The largest absolute Gasteiger partial charge is 0.348 e. The third kappa shape index (κ3) is 4.78. The molecule has 1 N–H and O–H groups in total. The van der Waals surface area contributed by atoms with Gasteiger partial charge in [0.2, 0.25) is 0 Å². The van der Waals surface area contributed by atoms with E-state index in [1.54, 1.807) is 25.1 Å². The van der Waals surface area contributed by atoms with Gasteiger partial charge >= 0.3 is 0 Å². The highest BCUT2D eigenvalue weighted by atomic mass is 35.5. The quantitative estimate of drug-likeness (QED) is 0.632. The van der Waals surface area contributed by atoms with Crippen molar-refractivity contribution in [3.63, 3.8) is 0 Å². The molecule has 29 heavy (non-hydrogen) atoms. The molecular weight excluding hydrogens is 408 g/mol. The topological polar surface area (TPSA) is 66.5 Å². The highest BCUT2D eigenvalue weighted by Gasteiger charge is 2.23. The van der Waals surface area contributed by atoms with E-state index >= 15 is 0 Å². The summed E-state index contributed by atoms with van der Waals surface area (Å²) in [5.74, 6) is -0.216. The molecule has 150 valence electrons. The summed E-state index contributed by atoms with van der Waals surface area (Å²) in [6.07, 6.45) is 0. The molecule has 1 amide bonds. The van der Waals surface area contributed by atoms with Crippen LogP contribution in [0.2, 0.25) is 5.02 Å². The summed E-state index contributed by atoms with van der Waals surface area (Å²) in [5.41, 5.74) is 2.65. The molecule has 0 aliphatic heterocycles. The monoisotopic (exact) mass is 428 g/mol. The Kier molecular flexibility index (Phi) is 6.25. The van der Waals surface area contributed by atoms with Crippen LogP contribution >= 0.6 is 11.6 Å². The Labute approximate surface area is 176 Å². The number of benzene rings is 3. The van der Waals surface area contributed by atoms with Gasteiger partial charge in [0, 0.05) is 24.2 Å². The summed E-state index contributed by atoms with van der Waals surface area (Å²) in [6.45, 7) is 2.20. The Morgan fingerprint density at radius 3 is 2.28 bits per heavy atom. The first-order valence-electron chi connectivity index (χ1n) is 8.96. The van der Waals surface area contributed by atoms with Crippen LogP contribution in [-0.2, 0) is 16.6 Å². The van der Waals surface area contributed by atoms with E-state index in [0.29, 0.717) is 28.4 Å². The van der Waals surface area contributed by atoms with E-state index < -0.39 is 10.0 Å². The van der Waals surface area contributed by atoms with Crippen LogP contribution < -0.4 is 9.62 Å². The Morgan fingerprint density at radius 2 is 1.66 bits per heavy atom. The predicted molar refractivity (Wildman–Crippen MR) is 116 cm³/mol. The van der Waals surface area contributed by atoms with Crippen LogP contribution in [0.5, 0.6) is 0 Å². The summed E-state index contributed by atoms with van der Waals surface area (Å²) in [6, 6.07) is 20.6. The fraction of sp³-hybridized carbons (Fsp3) is 0.136. The second-order valence-electron chi connectivity index (χ2n) is 6.60. The molecule has 3 rings (SSSR count). The molecule has 7 heteroatoms. The average molecular weight is 429 g/mol. The number of halogens is 1. The first-order chi connectivity index (χ1) is 13.8. The fourth-order valence-corrected chi connectivity index (χ4v) is 4.31. The van der Waals surface area contributed by atoms with E-state index in [0.717, 1.165) is 5.56 Å². The number of aryl methyl sites for hydroxylation is 1. The van der Waals surface area contributed by atoms with Crippen LogP contribution in [0.4, 0.5) is 5.69 Å². The third-order valence-corrected chi connectivity index (χ3v) is 6.60. The minimum absolute atomic E-state index is 0.147. The normalized spacial score (nSPS) is 11.1. The smallest absolute Gasteiger partial charge is 0.264 e. The van der Waals surface area contributed by atoms with Gasteiger partial charge in [-0.25, -0.2) is 8.42 Å². The van der Waals surface area contributed by atoms with E-state index in [1.165, 1.54) is 35.6 Å². The van der Waals surface area contributed by atoms with Crippen LogP contribution in [0.15, 0.2) is 77.7 Å². The zero-order valence-electron chi connectivity index (χ0n) is 16.1. The van der Waals surface area contributed by atoms with Crippen molar-refractivity contribution in [1.82, 2.24) is 5.32 Å². The number of nitrogens with zero attached hydrogens (tertiary/aromatic N) is 1. The summed E-state index contributed by atoms with van der Waals surface area (Å²) < 4.78 is 27.0. The lowest BCUT2D eigenvalue weighted by atomic mass is 10.1. The minimum atomic E-state index is -3.74. The maximum Gasteiger partial charge on any atom is 0.264 e. The first-order valence-corrected chi connectivity index (χ1v) is 10.8. The summed E-state index contributed by atoms with van der Waals surface area (Å²) in [4.78, 5) is 12.6. The molecule has 3 aromatic rings. The van der Waals surface area contributed by atoms with Gasteiger partial charge in [-0.3, -0.25) is 9.10 Å². The number of carbonyl (C=O) groups is 1. The van der Waals surface area contributed by atoms with E-state index in [2.05, 4.69) is 5.32 Å². The number of hydrogen-bond donors (Lipinski definition) is 1. The van der Waals surface area contributed by atoms with Crippen molar-refractivity contribution in [2.45, 2.75) is 18.4 Å². The lowest BCUT2D eigenvalue weighted by Crippen LogP contribution is -2.27. The Hall–Kier alpha value is -2.83. The van der Waals surface area contributed by atoms with E-state index in [-0.39, 0.29) is 10.8 Å². The molecule has 0 fully saturated rings. The Morgan fingerprint density at radius 1 is 1.00 bits per heavy atom. The zero-order chi connectivity index (χ0) is 21.0. The maximum absolute atomic E-state index is 12.9. The van der Waals surface area contributed by atoms with Gasteiger partial charge in [0.1, 0.15) is 0 Å². The molecule has 0 saturated carbocycles. The van der Waals surface area contributed by atoms with Crippen LogP contribution in [-0.4, -0.2) is 21.4 Å². The number of rotatable bonds is 6. The van der Waals surface area contributed by atoms with Gasteiger partial charge in [-0.2, -0.15) is 0 Å². The van der Waals surface area contributed by atoms with Crippen molar-refractivity contribution in [3.8, 4) is 0 Å². The molecule has 0 aliphatic carbocycles. The van der Waals surface area contributed by atoms with Crippen LogP contribution in [0, 0.1) is 6.92 Å². The zero-order valence-corrected chi connectivity index (χ0v) is 17.7. The molecule has 0 saturated heterocycles. The van der Waals surface area contributed by atoms with E-state index in [9.17, 15) is 13.2 Å². The SMILES string of the molecule is Cc1cc(C(=O)NCc2ccccc2)ccc1N(C)S(=O)(=O)c1ccc(Cl)cc1. The lowest BCUT2D eigenvalue weighted by Gasteiger charge is -2.22. The van der Waals surface area contributed by atoms with Crippen molar-refractivity contribution in [2.75, 3.05) is 11.4 Å². The van der Waals surface area contributed by atoms with Crippen molar-refractivity contribution < 1.29 is 13.2 Å². The van der Waals surface area contributed by atoms with Gasteiger partial charge in [-0.15, -0.1) is 0 Å². The number of sulfonamides is 1. The van der Waals surface area contributed by atoms with Crippen LogP contribution in [0.1, 0.15) is 21.5 Å². The van der Waals surface area contributed by atoms with Gasteiger partial charge in [0.05, 0.1) is 10.6 Å². The molecule has 0 atom stereocenters. The van der Waals surface area contributed by atoms with Gasteiger partial charge in [-0.05, 0) is 60.5 Å². The highest BCUT2D eigenvalue weighted by molar-refractivity contribution is 7.92. The molecule has 3 aromatic carbocycles. The highest BCUT2D eigenvalue weighted by Crippen LogP contribution is 2.27. The van der Waals surface area contributed by atoms with Gasteiger partial charge in [0.25, 0.3) is 15.9 Å². The molecule has 0 spiro atoms. The van der Waals surface area contributed by atoms with E-state index in [1.807, 2.05) is 30.3 Å². The third-order valence-electron chi connectivity index (χ3n) is 4.57. The first kappa shape index (κ1) is 20.9. The molecule has 0 unspecified atom stereocenters. The summed E-state index contributed by atoms with van der Waals surface area (Å²) in [5, 5.41) is 3.34. The molecule has 0 radical (unpaired) electrons. The number of nitrogens with one attached hydrogen (secondary N) is 1. The molecule has 0 heterocycles. The van der Waals surface area contributed by atoms with Crippen molar-refractivity contribution in [1.29, 1.82) is 0 Å². The molecule has 0 aliphatic rings. The number of anilines is 1. The molecule has 0 aromatic heterocycles. The lowest BCUT2D eigenvalue weighted by molar-refractivity contribution is 0.0951. The number of hydrogen-bond acceptors (Lipinski definition) is 3. The standard InChI is InChI=1S/C22H21ClN2O3S/c1-16-14-18(22(26)24-15-17-6-4-3-5-7-17)8-13-21(16)25(2)29(27,28)20-11-9-19(23)10-12-20/h3-14H,15H2,1-2H3,(H,24,26). The van der Waals surface area contributed by atoms with Gasteiger partial charge < -0.3 is 5.32 Å². The fourth-order valence-electron chi connectivity index (χ4n) is 2.92. The minimum Gasteiger partial charge on any atom is -0.348 e. The Balaban J connectivity index is 1.78. The number of amides is 1. The molecular formula is C22H21ClN2O3S. The van der Waals surface area contributed by atoms with Gasteiger partial charge in [0.15, 0.2) is 0 Å².